The fraction of sp³-hybridized carbons (Fsp3) is 0.562. The molecule has 1 amide bonds. The third-order valence-electron chi connectivity index (χ3n) is 3.99. The van der Waals surface area contributed by atoms with Gasteiger partial charge in [0.15, 0.2) is 0 Å². The first-order chi connectivity index (χ1) is 10.6. The number of carboxylic acids is 1. The Morgan fingerprint density at radius 1 is 1.41 bits per heavy atom. The van der Waals surface area contributed by atoms with Gasteiger partial charge >= 0.3 is 5.97 Å². The molecular formula is C16H23N3O3. The van der Waals surface area contributed by atoms with Crippen LogP contribution in [-0.2, 0) is 4.79 Å². The van der Waals surface area contributed by atoms with E-state index in [1.807, 2.05) is 6.07 Å². The summed E-state index contributed by atoms with van der Waals surface area (Å²) in [6, 6.07) is 2.86. The van der Waals surface area contributed by atoms with E-state index in [0.717, 1.165) is 31.7 Å². The van der Waals surface area contributed by atoms with E-state index in [-0.39, 0.29) is 5.91 Å². The number of carbonyl (C=O) groups is 2. The van der Waals surface area contributed by atoms with Gasteiger partial charge in [-0.15, -0.1) is 0 Å². The minimum Gasteiger partial charge on any atom is -0.480 e. The van der Waals surface area contributed by atoms with Crippen molar-refractivity contribution < 1.29 is 14.7 Å². The second kappa shape index (κ2) is 7.24. The zero-order chi connectivity index (χ0) is 16.1. The third kappa shape index (κ3) is 3.37. The van der Waals surface area contributed by atoms with Crippen molar-refractivity contribution in [2.75, 3.05) is 24.5 Å². The summed E-state index contributed by atoms with van der Waals surface area (Å²) in [5.41, 5.74) is 0.449. The van der Waals surface area contributed by atoms with Gasteiger partial charge in [-0.1, -0.05) is 6.92 Å². The van der Waals surface area contributed by atoms with Gasteiger partial charge in [0.05, 0.1) is 5.56 Å². The SMILES string of the molecule is CCCN(CC)c1ccc(C(=O)N2CCC[C@H]2C(=O)O)cn1. The Balaban J connectivity index is 2.12. The summed E-state index contributed by atoms with van der Waals surface area (Å²) in [6.45, 7) is 6.46. The summed E-state index contributed by atoms with van der Waals surface area (Å²) < 4.78 is 0. The van der Waals surface area contributed by atoms with Gasteiger partial charge in [-0.3, -0.25) is 4.79 Å². The van der Waals surface area contributed by atoms with Gasteiger partial charge in [0.2, 0.25) is 0 Å². The molecule has 1 saturated heterocycles. The maximum absolute atomic E-state index is 12.4. The molecule has 1 fully saturated rings. The van der Waals surface area contributed by atoms with E-state index in [2.05, 4.69) is 23.7 Å². The Kier molecular flexibility index (Phi) is 5.35. The first-order valence-corrected chi connectivity index (χ1v) is 7.83. The summed E-state index contributed by atoms with van der Waals surface area (Å²) in [4.78, 5) is 31.6. The lowest BCUT2D eigenvalue weighted by molar-refractivity contribution is -0.141. The number of aromatic nitrogens is 1. The number of aliphatic carboxylic acids is 1. The molecule has 0 bridgehead atoms. The normalized spacial score (nSPS) is 17.5. The molecule has 1 N–H and O–H groups in total. The molecule has 0 saturated carbocycles. The Labute approximate surface area is 130 Å². The van der Waals surface area contributed by atoms with E-state index in [1.165, 1.54) is 4.90 Å². The topological polar surface area (TPSA) is 73.7 Å². The summed E-state index contributed by atoms with van der Waals surface area (Å²) in [5, 5.41) is 9.17. The van der Waals surface area contributed by atoms with Crippen LogP contribution in [0.15, 0.2) is 18.3 Å². The average Bonchev–Trinajstić information content (AvgIpc) is 3.02. The van der Waals surface area contributed by atoms with Crippen LogP contribution in [0.5, 0.6) is 0 Å². The van der Waals surface area contributed by atoms with Crippen molar-refractivity contribution in [3.05, 3.63) is 23.9 Å². The van der Waals surface area contributed by atoms with E-state index < -0.39 is 12.0 Å². The van der Waals surface area contributed by atoms with Crippen molar-refractivity contribution >= 4 is 17.7 Å². The highest BCUT2D eigenvalue weighted by atomic mass is 16.4. The Morgan fingerprint density at radius 3 is 2.73 bits per heavy atom. The first kappa shape index (κ1) is 16.3. The van der Waals surface area contributed by atoms with E-state index >= 15 is 0 Å². The average molecular weight is 305 g/mol. The lowest BCUT2D eigenvalue weighted by atomic mass is 10.2. The summed E-state index contributed by atoms with van der Waals surface area (Å²) in [6.07, 6.45) is 3.83. The fourth-order valence-electron chi connectivity index (χ4n) is 2.84. The van der Waals surface area contributed by atoms with E-state index in [1.54, 1.807) is 12.3 Å². The zero-order valence-electron chi connectivity index (χ0n) is 13.2. The number of nitrogens with zero attached hydrogens (tertiary/aromatic N) is 3. The molecule has 2 heterocycles. The molecule has 0 aliphatic carbocycles. The van der Waals surface area contributed by atoms with E-state index in [4.69, 9.17) is 0 Å². The number of amides is 1. The largest absolute Gasteiger partial charge is 0.480 e. The number of carbonyl (C=O) groups excluding carboxylic acids is 1. The van der Waals surface area contributed by atoms with Crippen LogP contribution in [0.4, 0.5) is 5.82 Å². The summed E-state index contributed by atoms with van der Waals surface area (Å²) >= 11 is 0. The van der Waals surface area contributed by atoms with Gasteiger partial charge in [0.25, 0.3) is 5.91 Å². The Hall–Kier alpha value is -2.11. The molecule has 6 nitrogen and oxygen atoms in total. The van der Waals surface area contributed by atoms with Crippen LogP contribution in [-0.4, -0.2) is 52.5 Å². The predicted octanol–water partition coefficient (Wildman–Crippen LogP) is 2.01. The quantitative estimate of drug-likeness (QED) is 0.870. The predicted molar refractivity (Wildman–Crippen MR) is 84.1 cm³/mol. The second-order valence-corrected chi connectivity index (χ2v) is 5.48. The van der Waals surface area contributed by atoms with Crippen molar-refractivity contribution in [1.29, 1.82) is 0 Å². The van der Waals surface area contributed by atoms with Crippen LogP contribution in [0.2, 0.25) is 0 Å². The molecule has 1 aliphatic rings. The first-order valence-electron chi connectivity index (χ1n) is 7.83. The fourth-order valence-corrected chi connectivity index (χ4v) is 2.84. The molecule has 0 radical (unpaired) electrons. The zero-order valence-corrected chi connectivity index (χ0v) is 13.2. The molecule has 0 aromatic carbocycles. The molecule has 22 heavy (non-hydrogen) atoms. The standard InChI is InChI=1S/C16H23N3O3/c1-3-9-18(4-2)14-8-7-12(11-17-14)15(20)19-10-5-6-13(19)16(21)22/h7-8,11,13H,3-6,9-10H2,1-2H3,(H,21,22)/t13-/m0/s1. The van der Waals surface area contributed by atoms with Crippen molar-refractivity contribution in [3.8, 4) is 0 Å². The number of pyridine rings is 1. The monoisotopic (exact) mass is 305 g/mol. The van der Waals surface area contributed by atoms with Crippen LogP contribution in [0.25, 0.3) is 0 Å². The van der Waals surface area contributed by atoms with Gasteiger partial charge in [0, 0.05) is 25.8 Å². The van der Waals surface area contributed by atoms with Gasteiger partial charge in [0.1, 0.15) is 11.9 Å². The number of anilines is 1. The maximum Gasteiger partial charge on any atom is 0.326 e. The van der Waals surface area contributed by atoms with E-state index in [0.29, 0.717) is 18.5 Å². The smallest absolute Gasteiger partial charge is 0.326 e. The number of rotatable bonds is 6. The van der Waals surface area contributed by atoms with Crippen LogP contribution < -0.4 is 4.90 Å². The number of hydrogen-bond acceptors (Lipinski definition) is 4. The number of carboxylic acid groups (broad SMARTS) is 1. The highest BCUT2D eigenvalue weighted by Gasteiger charge is 2.34. The van der Waals surface area contributed by atoms with E-state index in [9.17, 15) is 14.7 Å². The number of hydrogen-bond donors (Lipinski definition) is 1. The molecular weight excluding hydrogens is 282 g/mol. The van der Waals surface area contributed by atoms with Crippen molar-refractivity contribution in [2.45, 2.75) is 39.2 Å². The summed E-state index contributed by atoms with van der Waals surface area (Å²) in [7, 11) is 0. The summed E-state index contributed by atoms with van der Waals surface area (Å²) in [5.74, 6) is -0.338. The minimum absolute atomic E-state index is 0.248. The van der Waals surface area contributed by atoms with Gasteiger partial charge < -0.3 is 14.9 Å². The van der Waals surface area contributed by atoms with Crippen LogP contribution >= 0.6 is 0 Å². The third-order valence-corrected chi connectivity index (χ3v) is 3.99. The maximum atomic E-state index is 12.4. The Morgan fingerprint density at radius 2 is 2.18 bits per heavy atom. The molecule has 1 aromatic heterocycles. The van der Waals surface area contributed by atoms with Crippen LogP contribution in [0.1, 0.15) is 43.5 Å². The molecule has 0 spiro atoms. The molecule has 120 valence electrons. The van der Waals surface area contributed by atoms with Crippen LogP contribution in [0, 0.1) is 0 Å². The van der Waals surface area contributed by atoms with Crippen molar-refractivity contribution in [3.63, 3.8) is 0 Å². The minimum atomic E-state index is -0.935. The van der Waals surface area contributed by atoms with Crippen molar-refractivity contribution in [2.24, 2.45) is 0 Å². The molecule has 0 unspecified atom stereocenters. The van der Waals surface area contributed by atoms with Crippen molar-refractivity contribution in [1.82, 2.24) is 9.88 Å². The van der Waals surface area contributed by atoms with Gasteiger partial charge in [-0.05, 0) is 38.3 Å². The lowest BCUT2D eigenvalue weighted by Crippen LogP contribution is -2.40. The Bertz CT molecular complexity index is 530. The molecule has 6 heteroatoms. The van der Waals surface area contributed by atoms with Gasteiger partial charge in [-0.25, -0.2) is 9.78 Å². The highest BCUT2D eigenvalue weighted by Crippen LogP contribution is 2.21. The number of likely N-dealkylation sites (tertiary alicyclic amines) is 1. The second-order valence-electron chi connectivity index (χ2n) is 5.48. The molecule has 1 atom stereocenters. The molecule has 2 rings (SSSR count). The van der Waals surface area contributed by atoms with Crippen LogP contribution in [0.3, 0.4) is 0 Å². The molecule has 1 aliphatic heterocycles. The van der Waals surface area contributed by atoms with Gasteiger partial charge in [-0.2, -0.15) is 0 Å². The highest BCUT2D eigenvalue weighted by molar-refractivity contribution is 5.96. The lowest BCUT2D eigenvalue weighted by Gasteiger charge is -2.23. The molecule has 1 aromatic rings.